The summed E-state index contributed by atoms with van der Waals surface area (Å²) in [4.78, 5) is 6.85. The first kappa shape index (κ1) is 14.5. The van der Waals surface area contributed by atoms with Crippen LogP contribution in [0.25, 0.3) is 0 Å². The highest BCUT2D eigenvalue weighted by Gasteiger charge is 2.16. The standard InChI is InChI=1S/C14H25N3O2/c1-3-18-12(2)14-15-13(19-16-14)11-17-9-7-5-4-6-8-10-17/h12H,3-11H2,1-2H3. The predicted molar refractivity (Wildman–Crippen MR) is 72.7 cm³/mol. The van der Waals surface area contributed by atoms with E-state index < -0.39 is 0 Å². The van der Waals surface area contributed by atoms with Crippen LogP contribution in [0.15, 0.2) is 4.52 Å². The third-order valence-corrected chi connectivity index (χ3v) is 3.57. The molecule has 0 spiro atoms. The van der Waals surface area contributed by atoms with E-state index in [0.717, 1.165) is 19.6 Å². The monoisotopic (exact) mass is 267 g/mol. The number of likely N-dealkylation sites (tertiary alicyclic amines) is 1. The average molecular weight is 267 g/mol. The Morgan fingerprint density at radius 2 is 1.89 bits per heavy atom. The van der Waals surface area contributed by atoms with Crippen molar-refractivity contribution in [2.45, 2.75) is 58.6 Å². The number of nitrogens with zero attached hydrogens (tertiary/aromatic N) is 3. The Balaban J connectivity index is 1.87. The zero-order valence-corrected chi connectivity index (χ0v) is 12.1. The summed E-state index contributed by atoms with van der Waals surface area (Å²) in [7, 11) is 0. The van der Waals surface area contributed by atoms with Gasteiger partial charge in [-0.25, -0.2) is 0 Å². The van der Waals surface area contributed by atoms with Crippen molar-refractivity contribution < 1.29 is 9.26 Å². The summed E-state index contributed by atoms with van der Waals surface area (Å²) in [6.07, 6.45) is 6.52. The van der Waals surface area contributed by atoms with Crippen LogP contribution in [0.5, 0.6) is 0 Å². The molecule has 2 rings (SSSR count). The normalized spacial score (nSPS) is 19.9. The van der Waals surface area contributed by atoms with Crippen LogP contribution in [0, 0.1) is 0 Å². The van der Waals surface area contributed by atoms with Crippen LogP contribution in [0.2, 0.25) is 0 Å². The van der Waals surface area contributed by atoms with Crippen LogP contribution in [-0.4, -0.2) is 34.7 Å². The van der Waals surface area contributed by atoms with Gasteiger partial charge in [0.2, 0.25) is 5.89 Å². The second kappa shape index (κ2) is 7.60. The molecule has 5 nitrogen and oxygen atoms in total. The molecule has 1 aliphatic rings. The van der Waals surface area contributed by atoms with E-state index >= 15 is 0 Å². The van der Waals surface area contributed by atoms with Crippen molar-refractivity contribution in [3.8, 4) is 0 Å². The van der Waals surface area contributed by atoms with E-state index in [1.807, 2.05) is 13.8 Å². The Kier molecular flexibility index (Phi) is 5.79. The third-order valence-electron chi connectivity index (χ3n) is 3.57. The molecule has 1 fully saturated rings. The third kappa shape index (κ3) is 4.58. The predicted octanol–water partition coefficient (Wildman–Crippen LogP) is 2.93. The van der Waals surface area contributed by atoms with Crippen molar-refractivity contribution in [3.05, 3.63) is 11.7 Å². The number of ether oxygens (including phenoxy) is 1. The number of aromatic nitrogens is 2. The summed E-state index contributed by atoms with van der Waals surface area (Å²) < 4.78 is 10.8. The van der Waals surface area contributed by atoms with Crippen molar-refractivity contribution in [2.75, 3.05) is 19.7 Å². The lowest BCUT2D eigenvalue weighted by Gasteiger charge is -2.22. The minimum absolute atomic E-state index is 0.0881. The van der Waals surface area contributed by atoms with Crippen molar-refractivity contribution in [1.82, 2.24) is 15.0 Å². The second-order valence-electron chi connectivity index (χ2n) is 5.19. The molecule has 0 amide bonds. The quantitative estimate of drug-likeness (QED) is 0.821. The van der Waals surface area contributed by atoms with Gasteiger partial charge in [-0.15, -0.1) is 0 Å². The van der Waals surface area contributed by atoms with E-state index in [-0.39, 0.29) is 6.10 Å². The van der Waals surface area contributed by atoms with Gasteiger partial charge >= 0.3 is 0 Å². The van der Waals surface area contributed by atoms with Crippen LogP contribution < -0.4 is 0 Å². The van der Waals surface area contributed by atoms with Gasteiger partial charge in [0.1, 0.15) is 6.10 Å². The summed E-state index contributed by atoms with van der Waals surface area (Å²) >= 11 is 0. The van der Waals surface area contributed by atoms with E-state index in [1.165, 1.54) is 32.1 Å². The lowest BCUT2D eigenvalue weighted by atomic mass is 10.1. The highest BCUT2D eigenvalue weighted by Crippen LogP contribution is 2.15. The second-order valence-corrected chi connectivity index (χ2v) is 5.19. The minimum atomic E-state index is -0.0881. The smallest absolute Gasteiger partial charge is 0.240 e. The fourth-order valence-corrected chi connectivity index (χ4v) is 2.48. The molecule has 19 heavy (non-hydrogen) atoms. The highest BCUT2D eigenvalue weighted by molar-refractivity contribution is 4.90. The van der Waals surface area contributed by atoms with E-state index in [4.69, 9.17) is 9.26 Å². The molecule has 2 heterocycles. The van der Waals surface area contributed by atoms with E-state index in [0.29, 0.717) is 18.3 Å². The molecule has 0 bridgehead atoms. The molecule has 0 aromatic carbocycles. The van der Waals surface area contributed by atoms with Gasteiger partial charge < -0.3 is 9.26 Å². The van der Waals surface area contributed by atoms with E-state index in [1.54, 1.807) is 0 Å². The zero-order chi connectivity index (χ0) is 13.5. The Morgan fingerprint density at radius 3 is 2.58 bits per heavy atom. The van der Waals surface area contributed by atoms with Gasteiger partial charge in [0, 0.05) is 6.61 Å². The van der Waals surface area contributed by atoms with Crippen molar-refractivity contribution in [3.63, 3.8) is 0 Å². The molecule has 1 aromatic heterocycles. The van der Waals surface area contributed by atoms with E-state index in [9.17, 15) is 0 Å². The molecule has 5 heteroatoms. The summed E-state index contributed by atoms with van der Waals surface area (Å²) in [5.41, 5.74) is 0. The molecular formula is C14H25N3O2. The fourth-order valence-electron chi connectivity index (χ4n) is 2.48. The van der Waals surface area contributed by atoms with Crippen LogP contribution in [0.4, 0.5) is 0 Å². The molecule has 0 saturated carbocycles. The zero-order valence-electron chi connectivity index (χ0n) is 12.1. The first-order valence-corrected chi connectivity index (χ1v) is 7.46. The maximum absolute atomic E-state index is 5.47. The maximum Gasteiger partial charge on any atom is 0.240 e. The average Bonchev–Trinajstić information content (AvgIpc) is 2.81. The minimum Gasteiger partial charge on any atom is -0.371 e. The lowest BCUT2D eigenvalue weighted by molar-refractivity contribution is 0.0683. The SMILES string of the molecule is CCOC(C)c1noc(CN2CCCCCCC2)n1. The van der Waals surface area contributed by atoms with Gasteiger partial charge in [-0.3, -0.25) is 4.90 Å². The molecule has 0 radical (unpaired) electrons. The van der Waals surface area contributed by atoms with Crippen LogP contribution in [0.3, 0.4) is 0 Å². The van der Waals surface area contributed by atoms with Crippen LogP contribution >= 0.6 is 0 Å². The molecule has 1 aliphatic heterocycles. The van der Waals surface area contributed by atoms with Gasteiger partial charge in [0.25, 0.3) is 0 Å². The van der Waals surface area contributed by atoms with Crippen molar-refractivity contribution in [1.29, 1.82) is 0 Å². The van der Waals surface area contributed by atoms with E-state index in [2.05, 4.69) is 15.0 Å². The lowest BCUT2D eigenvalue weighted by Crippen LogP contribution is -2.27. The number of hydrogen-bond acceptors (Lipinski definition) is 5. The molecule has 1 saturated heterocycles. The molecule has 108 valence electrons. The molecule has 1 atom stereocenters. The molecular weight excluding hydrogens is 242 g/mol. The van der Waals surface area contributed by atoms with Gasteiger partial charge in [0.15, 0.2) is 5.82 Å². The highest BCUT2D eigenvalue weighted by atomic mass is 16.5. The number of hydrogen-bond donors (Lipinski definition) is 0. The van der Waals surface area contributed by atoms with Gasteiger partial charge in [-0.1, -0.05) is 24.4 Å². The summed E-state index contributed by atoms with van der Waals surface area (Å²) in [6.45, 7) is 7.63. The summed E-state index contributed by atoms with van der Waals surface area (Å²) in [5.74, 6) is 1.37. The maximum atomic E-state index is 5.47. The summed E-state index contributed by atoms with van der Waals surface area (Å²) in [5, 5.41) is 4.00. The molecule has 0 aliphatic carbocycles. The molecule has 0 N–H and O–H groups in total. The summed E-state index contributed by atoms with van der Waals surface area (Å²) in [6, 6.07) is 0. The van der Waals surface area contributed by atoms with Crippen molar-refractivity contribution in [2.24, 2.45) is 0 Å². The molecule has 1 aromatic rings. The van der Waals surface area contributed by atoms with Gasteiger partial charge in [-0.05, 0) is 39.8 Å². The van der Waals surface area contributed by atoms with Crippen molar-refractivity contribution >= 4 is 0 Å². The first-order valence-electron chi connectivity index (χ1n) is 7.46. The van der Waals surface area contributed by atoms with Crippen LogP contribution in [-0.2, 0) is 11.3 Å². The van der Waals surface area contributed by atoms with Gasteiger partial charge in [-0.2, -0.15) is 4.98 Å². The fraction of sp³-hybridized carbons (Fsp3) is 0.857. The first-order chi connectivity index (χ1) is 9.29. The Hall–Kier alpha value is -0.940. The largest absolute Gasteiger partial charge is 0.371 e. The Morgan fingerprint density at radius 1 is 1.21 bits per heavy atom. The number of rotatable bonds is 5. The van der Waals surface area contributed by atoms with Crippen LogP contribution in [0.1, 0.15) is 63.8 Å². The Bertz CT molecular complexity index is 359. The topological polar surface area (TPSA) is 51.4 Å². The Labute approximate surface area is 115 Å². The molecule has 1 unspecified atom stereocenters. The van der Waals surface area contributed by atoms with Gasteiger partial charge in [0.05, 0.1) is 6.54 Å².